The Bertz CT molecular complexity index is 290. The number of carbonyl (C=O) groups excluding carboxylic acids is 1. The summed E-state index contributed by atoms with van der Waals surface area (Å²) in [7, 11) is 1.93. The van der Waals surface area contributed by atoms with Gasteiger partial charge in [0.2, 0.25) is 5.91 Å². The molecule has 0 spiro atoms. The minimum absolute atomic E-state index is 0.303. The molecule has 18 heavy (non-hydrogen) atoms. The molecule has 2 aliphatic rings. The fourth-order valence-corrected chi connectivity index (χ4v) is 3.62. The molecule has 1 saturated carbocycles. The Hall–Kier alpha value is -0.570. The fourth-order valence-electron chi connectivity index (χ4n) is 3.62. The van der Waals surface area contributed by atoms with E-state index in [0.29, 0.717) is 24.4 Å². The summed E-state index contributed by atoms with van der Waals surface area (Å²) in [4.78, 5) is 13.4. The molecular weight excluding hydrogens is 224 g/mol. The zero-order valence-electron chi connectivity index (χ0n) is 12.1. The van der Waals surface area contributed by atoms with Crippen molar-refractivity contribution < 1.29 is 4.79 Å². The number of nitrogens with zero attached hydrogens (tertiary/aromatic N) is 1. The topological polar surface area (TPSA) is 32.3 Å². The summed E-state index contributed by atoms with van der Waals surface area (Å²) in [6.45, 7) is 5.59. The highest BCUT2D eigenvalue weighted by molar-refractivity contribution is 5.76. The summed E-state index contributed by atoms with van der Waals surface area (Å²) in [5, 5.41) is 3.85. The van der Waals surface area contributed by atoms with Gasteiger partial charge in [0.15, 0.2) is 0 Å². The number of rotatable bonds is 3. The average molecular weight is 252 g/mol. The lowest BCUT2D eigenvalue weighted by molar-refractivity contribution is -0.132. The van der Waals surface area contributed by atoms with Gasteiger partial charge in [-0.3, -0.25) is 4.79 Å². The van der Waals surface area contributed by atoms with Crippen molar-refractivity contribution in [3.63, 3.8) is 0 Å². The van der Waals surface area contributed by atoms with Gasteiger partial charge in [0.1, 0.15) is 0 Å². The Balaban J connectivity index is 1.89. The van der Waals surface area contributed by atoms with Crippen molar-refractivity contribution in [1.29, 1.82) is 0 Å². The molecule has 1 saturated heterocycles. The molecular formula is C15H28N2O. The van der Waals surface area contributed by atoms with Gasteiger partial charge in [0.25, 0.3) is 0 Å². The van der Waals surface area contributed by atoms with Crippen LogP contribution in [0.25, 0.3) is 0 Å². The van der Waals surface area contributed by atoms with E-state index in [1.54, 1.807) is 0 Å². The maximum absolute atomic E-state index is 11.5. The predicted molar refractivity (Wildman–Crippen MR) is 74.4 cm³/mol. The molecule has 1 N–H and O–H groups in total. The molecule has 0 aromatic rings. The quantitative estimate of drug-likeness (QED) is 0.836. The van der Waals surface area contributed by atoms with Gasteiger partial charge in [-0.2, -0.15) is 0 Å². The number of carbonyl (C=O) groups is 1. The summed E-state index contributed by atoms with van der Waals surface area (Å²) in [6.07, 6.45) is 7.18. The van der Waals surface area contributed by atoms with Gasteiger partial charge in [-0.05, 0) is 31.1 Å². The van der Waals surface area contributed by atoms with E-state index in [0.717, 1.165) is 24.8 Å². The highest BCUT2D eigenvalue weighted by Crippen LogP contribution is 2.31. The minimum Gasteiger partial charge on any atom is -0.344 e. The van der Waals surface area contributed by atoms with Crippen molar-refractivity contribution in [1.82, 2.24) is 10.2 Å². The Morgan fingerprint density at radius 1 is 1.22 bits per heavy atom. The van der Waals surface area contributed by atoms with E-state index in [-0.39, 0.29) is 0 Å². The summed E-state index contributed by atoms with van der Waals surface area (Å²) >= 11 is 0. The molecule has 0 aromatic carbocycles. The van der Waals surface area contributed by atoms with Crippen LogP contribution in [0.4, 0.5) is 0 Å². The van der Waals surface area contributed by atoms with Gasteiger partial charge < -0.3 is 10.2 Å². The van der Waals surface area contributed by atoms with Crippen LogP contribution in [0, 0.1) is 11.8 Å². The van der Waals surface area contributed by atoms with Crippen LogP contribution < -0.4 is 5.32 Å². The van der Waals surface area contributed by atoms with Crippen molar-refractivity contribution in [3.8, 4) is 0 Å². The fraction of sp³-hybridized carbons (Fsp3) is 0.933. The third-order valence-electron chi connectivity index (χ3n) is 4.75. The summed E-state index contributed by atoms with van der Waals surface area (Å²) in [5.74, 6) is 1.89. The van der Waals surface area contributed by atoms with Crippen LogP contribution >= 0.6 is 0 Å². The maximum atomic E-state index is 11.5. The Morgan fingerprint density at radius 3 is 2.61 bits per heavy atom. The lowest BCUT2D eigenvalue weighted by atomic mass is 9.77. The van der Waals surface area contributed by atoms with Gasteiger partial charge in [0.05, 0.1) is 0 Å². The summed E-state index contributed by atoms with van der Waals surface area (Å²) in [6, 6.07) is 1.18. The highest BCUT2D eigenvalue weighted by Gasteiger charge is 2.31. The van der Waals surface area contributed by atoms with Crippen LogP contribution in [-0.4, -0.2) is 36.5 Å². The Morgan fingerprint density at radius 2 is 1.94 bits per heavy atom. The smallest absolute Gasteiger partial charge is 0.222 e. The van der Waals surface area contributed by atoms with E-state index in [4.69, 9.17) is 0 Å². The van der Waals surface area contributed by atoms with E-state index in [1.165, 1.54) is 25.7 Å². The number of likely N-dealkylation sites (N-methyl/N-ethyl adjacent to an activating group) is 1. The molecule has 0 bridgehead atoms. The molecule has 3 unspecified atom stereocenters. The SMILES string of the molecule is CC(C)C1CCCCC1NC1CCC(=O)N(C)C1. The second-order valence-corrected chi connectivity index (χ2v) is 6.48. The molecule has 3 atom stereocenters. The standard InChI is InChI=1S/C15H28N2O/c1-11(2)13-6-4-5-7-14(13)16-12-8-9-15(18)17(3)10-12/h11-14,16H,4-10H2,1-3H3. The summed E-state index contributed by atoms with van der Waals surface area (Å²) < 4.78 is 0. The first kappa shape index (κ1) is 13.9. The molecule has 104 valence electrons. The zero-order chi connectivity index (χ0) is 13.1. The number of amides is 1. The predicted octanol–water partition coefficient (Wildman–Crippen LogP) is 2.41. The van der Waals surface area contributed by atoms with Gasteiger partial charge in [-0.15, -0.1) is 0 Å². The summed E-state index contributed by atoms with van der Waals surface area (Å²) in [5.41, 5.74) is 0. The van der Waals surface area contributed by atoms with Crippen molar-refractivity contribution in [2.24, 2.45) is 11.8 Å². The minimum atomic E-state index is 0.303. The second kappa shape index (κ2) is 6.05. The maximum Gasteiger partial charge on any atom is 0.222 e. The molecule has 1 aliphatic heterocycles. The molecule has 3 nitrogen and oxygen atoms in total. The first-order valence-electron chi connectivity index (χ1n) is 7.58. The number of nitrogens with one attached hydrogen (secondary N) is 1. The van der Waals surface area contributed by atoms with Crippen LogP contribution in [0.5, 0.6) is 0 Å². The average Bonchev–Trinajstić information content (AvgIpc) is 2.34. The van der Waals surface area contributed by atoms with Crippen LogP contribution in [0.1, 0.15) is 52.4 Å². The van der Waals surface area contributed by atoms with Crippen LogP contribution in [0.15, 0.2) is 0 Å². The molecule has 3 heteroatoms. The normalized spacial score (nSPS) is 34.1. The molecule has 2 fully saturated rings. The highest BCUT2D eigenvalue weighted by atomic mass is 16.2. The molecule has 0 aromatic heterocycles. The van der Waals surface area contributed by atoms with Crippen LogP contribution in [-0.2, 0) is 4.79 Å². The van der Waals surface area contributed by atoms with Crippen molar-refractivity contribution in [2.45, 2.75) is 64.5 Å². The van der Waals surface area contributed by atoms with Gasteiger partial charge in [0, 0.05) is 32.1 Å². The number of hydrogen-bond acceptors (Lipinski definition) is 2. The van der Waals surface area contributed by atoms with Crippen molar-refractivity contribution in [3.05, 3.63) is 0 Å². The number of piperidine rings is 1. The third kappa shape index (κ3) is 3.25. The monoisotopic (exact) mass is 252 g/mol. The van der Waals surface area contributed by atoms with Gasteiger partial charge in [-0.25, -0.2) is 0 Å². The number of likely N-dealkylation sites (tertiary alicyclic amines) is 1. The second-order valence-electron chi connectivity index (χ2n) is 6.48. The lowest BCUT2D eigenvalue weighted by Crippen LogP contribution is -2.52. The third-order valence-corrected chi connectivity index (χ3v) is 4.75. The van der Waals surface area contributed by atoms with Gasteiger partial charge in [-0.1, -0.05) is 26.7 Å². The first-order valence-corrected chi connectivity index (χ1v) is 7.58. The number of hydrogen-bond donors (Lipinski definition) is 1. The van der Waals surface area contributed by atoms with E-state index in [2.05, 4.69) is 19.2 Å². The van der Waals surface area contributed by atoms with Crippen LogP contribution in [0.3, 0.4) is 0 Å². The van der Waals surface area contributed by atoms with Crippen molar-refractivity contribution in [2.75, 3.05) is 13.6 Å². The lowest BCUT2D eigenvalue weighted by Gasteiger charge is -2.39. The van der Waals surface area contributed by atoms with Crippen LogP contribution in [0.2, 0.25) is 0 Å². The largest absolute Gasteiger partial charge is 0.344 e. The van der Waals surface area contributed by atoms with Gasteiger partial charge >= 0.3 is 0 Å². The van der Waals surface area contributed by atoms with E-state index in [1.807, 2.05) is 11.9 Å². The van der Waals surface area contributed by atoms with E-state index in [9.17, 15) is 4.79 Å². The Kier molecular flexibility index (Phi) is 4.66. The molecule has 0 radical (unpaired) electrons. The molecule has 1 amide bonds. The molecule has 1 aliphatic carbocycles. The molecule has 2 rings (SSSR count). The zero-order valence-corrected chi connectivity index (χ0v) is 12.1. The van der Waals surface area contributed by atoms with E-state index >= 15 is 0 Å². The van der Waals surface area contributed by atoms with Crippen molar-refractivity contribution >= 4 is 5.91 Å². The Labute approximate surface area is 111 Å². The first-order chi connectivity index (χ1) is 8.58. The van der Waals surface area contributed by atoms with E-state index < -0.39 is 0 Å². The molecule has 1 heterocycles.